The second kappa shape index (κ2) is 6.57. The summed E-state index contributed by atoms with van der Waals surface area (Å²) in [5.41, 5.74) is -0.0474. The van der Waals surface area contributed by atoms with Gasteiger partial charge >= 0.3 is 0 Å². The Morgan fingerprint density at radius 2 is 2.05 bits per heavy atom. The number of anilines is 2. The lowest BCUT2D eigenvalue weighted by molar-refractivity contribution is 0.102. The van der Waals surface area contributed by atoms with Gasteiger partial charge in [0.2, 0.25) is 10.1 Å². The highest BCUT2D eigenvalue weighted by atomic mass is 32.1. The fourth-order valence-corrected chi connectivity index (χ4v) is 2.20. The van der Waals surface area contributed by atoms with Crippen molar-refractivity contribution < 1.29 is 13.6 Å². The van der Waals surface area contributed by atoms with Crippen molar-refractivity contribution in [1.82, 2.24) is 10.2 Å². The van der Waals surface area contributed by atoms with E-state index >= 15 is 0 Å². The SMILES string of the molecule is CCCNc1nnc(C(=O)Nc2cc(F)c(C)cc2F)s1. The summed E-state index contributed by atoms with van der Waals surface area (Å²) in [6, 6.07) is 1.97. The van der Waals surface area contributed by atoms with Crippen molar-refractivity contribution in [2.45, 2.75) is 20.3 Å². The van der Waals surface area contributed by atoms with E-state index in [9.17, 15) is 13.6 Å². The monoisotopic (exact) mass is 312 g/mol. The minimum absolute atomic E-state index is 0.0778. The van der Waals surface area contributed by atoms with Gasteiger partial charge < -0.3 is 10.6 Å². The molecule has 21 heavy (non-hydrogen) atoms. The molecule has 112 valence electrons. The van der Waals surface area contributed by atoms with Gasteiger partial charge in [0.1, 0.15) is 11.6 Å². The summed E-state index contributed by atoms with van der Waals surface area (Å²) in [4.78, 5) is 11.9. The molecule has 0 fully saturated rings. The maximum absolute atomic E-state index is 13.7. The molecule has 0 bridgehead atoms. The predicted octanol–water partition coefficient (Wildman–Crippen LogP) is 3.20. The minimum atomic E-state index is -0.698. The van der Waals surface area contributed by atoms with Crippen molar-refractivity contribution in [2.24, 2.45) is 0 Å². The predicted molar refractivity (Wildman–Crippen MR) is 77.7 cm³/mol. The molecule has 8 heteroatoms. The summed E-state index contributed by atoms with van der Waals surface area (Å²) < 4.78 is 27.1. The van der Waals surface area contributed by atoms with Crippen LogP contribution in [0.25, 0.3) is 0 Å². The standard InChI is InChI=1S/C13H14F2N4OS/c1-3-4-16-13-19-18-12(21-13)11(20)17-10-6-8(14)7(2)5-9(10)15/h5-6H,3-4H2,1-2H3,(H,16,19)(H,17,20). The van der Waals surface area contributed by atoms with E-state index in [-0.39, 0.29) is 16.3 Å². The second-order valence-corrected chi connectivity index (χ2v) is 5.35. The summed E-state index contributed by atoms with van der Waals surface area (Å²) in [6.45, 7) is 4.16. The van der Waals surface area contributed by atoms with Crippen LogP contribution < -0.4 is 10.6 Å². The molecule has 0 aliphatic carbocycles. The van der Waals surface area contributed by atoms with Gasteiger partial charge in [0.15, 0.2) is 0 Å². The number of carbonyl (C=O) groups excluding carboxylic acids is 1. The maximum atomic E-state index is 13.7. The molecule has 2 rings (SSSR count). The Kier molecular flexibility index (Phi) is 4.79. The van der Waals surface area contributed by atoms with Crippen LogP contribution in [0.1, 0.15) is 28.7 Å². The van der Waals surface area contributed by atoms with Crippen molar-refractivity contribution >= 4 is 28.1 Å². The van der Waals surface area contributed by atoms with Gasteiger partial charge in [-0.25, -0.2) is 8.78 Å². The van der Waals surface area contributed by atoms with Gasteiger partial charge in [-0.05, 0) is 25.0 Å². The van der Waals surface area contributed by atoms with E-state index in [1.54, 1.807) is 0 Å². The van der Waals surface area contributed by atoms with Crippen molar-refractivity contribution in [2.75, 3.05) is 17.2 Å². The van der Waals surface area contributed by atoms with Crippen LogP contribution in [0.3, 0.4) is 0 Å². The lowest BCUT2D eigenvalue weighted by Gasteiger charge is -2.06. The number of carbonyl (C=O) groups is 1. The number of aromatic nitrogens is 2. The number of rotatable bonds is 5. The lowest BCUT2D eigenvalue weighted by Crippen LogP contribution is -2.13. The Morgan fingerprint density at radius 1 is 1.29 bits per heavy atom. The van der Waals surface area contributed by atoms with Crippen LogP contribution in [0.5, 0.6) is 0 Å². The third-order valence-corrected chi connectivity index (χ3v) is 3.52. The third-order valence-electron chi connectivity index (χ3n) is 2.64. The molecule has 0 unspecified atom stereocenters. The van der Waals surface area contributed by atoms with Gasteiger partial charge in [-0.1, -0.05) is 18.3 Å². The van der Waals surface area contributed by atoms with Crippen LogP contribution in [0, 0.1) is 18.6 Å². The Morgan fingerprint density at radius 3 is 2.76 bits per heavy atom. The first kappa shape index (κ1) is 15.3. The van der Waals surface area contributed by atoms with Gasteiger partial charge in [-0.2, -0.15) is 0 Å². The fourth-order valence-electron chi connectivity index (χ4n) is 1.54. The summed E-state index contributed by atoms with van der Waals surface area (Å²) in [5.74, 6) is -1.91. The Hall–Kier alpha value is -2.09. The topological polar surface area (TPSA) is 66.9 Å². The zero-order valence-corrected chi connectivity index (χ0v) is 12.4. The molecule has 1 heterocycles. The quantitative estimate of drug-likeness (QED) is 0.890. The second-order valence-electron chi connectivity index (χ2n) is 4.37. The first-order valence-corrected chi connectivity index (χ1v) is 7.17. The molecule has 1 aromatic carbocycles. The van der Waals surface area contributed by atoms with Crippen molar-refractivity contribution in [3.8, 4) is 0 Å². The number of nitrogens with one attached hydrogen (secondary N) is 2. The summed E-state index contributed by atoms with van der Waals surface area (Å²) in [7, 11) is 0. The van der Waals surface area contributed by atoms with Crippen LogP contribution in [0.15, 0.2) is 12.1 Å². The van der Waals surface area contributed by atoms with Gasteiger partial charge in [0.05, 0.1) is 5.69 Å². The van der Waals surface area contributed by atoms with E-state index in [1.165, 1.54) is 6.92 Å². The molecule has 0 saturated carbocycles. The summed E-state index contributed by atoms with van der Waals surface area (Å²) in [6.07, 6.45) is 0.912. The number of nitrogens with zero attached hydrogens (tertiary/aromatic N) is 2. The number of hydrogen-bond donors (Lipinski definition) is 2. The molecule has 2 aromatic rings. The zero-order valence-electron chi connectivity index (χ0n) is 11.5. The number of aryl methyl sites for hydroxylation is 1. The van der Waals surface area contributed by atoms with E-state index in [4.69, 9.17) is 0 Å². The molecule has 2 N–H and O–H groups in total. The van der Waals surface area contributed by atoms with Gasteiger partial charge in [0, 0.05) is 12.6 Å². The molecule has 5 nitrogen and oxygen atoms in total. The lowest BCUT2D eigenvalue weighted by atomic mass is 10.2. The third kappa shape index (κ3) is 3.72. The fraction of sp³-hybridized carbons (Fsp3) is 0.308. The molecule has 0 spiro atoms. The molecule has 0 saturated heterocycles. The minimum Gasteiger partial charge on any atom is -0.360 e. The average Bonchev–Trinajstić information content (AvgIpc) is 2.91. The van der Waals surface area contributed by atoms with Gasteiger partial charge in [0.25, 0.3) is 5.91 Å². The van der Waals surface area contributed by atoms with E-state index in [1.807, 2.05) is 6.92 Å². The summed E-state index contributed by atoms with van der Waals surface area (Å²) >= 11 is 1.05. The zero-order chi connectivity index (χ0) is 15.4. The molecule has 0 radical (unpaired) electrons. The van der Waals surface area contributed by atoms with Crippen LogP contribution in [-0.4, -0.2) is 22.6 Å². The molecular weight excluding hydrogens is 298 g/mol. The average molecular weight is 312 g/mol. The largest absolute Gasteiger partial charge is 0.360 e. The molecule has 0 atom stereocenters. The van der Waals surface area contributed by atoms with E-state index < -0.39 is 17.5 Å². The highest BCUT2D eigenvalue weighted by molar-refractivity contribution is 7.17. The van der Waals surface area contributed by atoms with Gasteiger partial charge in [-0.15, -0.1) is 10.2 Å². The highest BCUT2D eigenvalue weighted by Crippen LogP contribution is 2.21. The smallest absolute Gasteiger partial charge is 0.286 e. The number of amides is 1. The molecule has 1 amide bonds. The van der Waals surface area contributed by atoms with Crippen molar-refractivity contribution in [3.05, 3.63) is 34.3 Å². The highest BCUT2D eigenvalue weighted by Gasteiger charge is 2.16. The first-order valence-electron chi connectivity index (χ1n) is 6.35. The molecule has 0 aliphatic heterocycles. The van der Waals surface area contributed by atoms with Crippen LogP contribution >= 0.6 is 11.3 Å². The van der Waals surface area contributed by atoms with E-state index in [2.05, 4.69) is 20.8 Å². The normalized spacial score (nSPS) is 10.5. The maximum Gasteiger partial charge on any atom is 0.286 e. The van der Waals surface area contributed by atoms with Crippen LogP contribution in [-0.2, 0) is 0 Å². The Labute approximate surface area is 124 Å². The Balaban J connectivity index is 2.11. The van der Waals surface area contributed by atoms with Crippen molar-refractivity contribution in [3.63, 3.8) is 0 Å². The molecule has 0 aliphatic rings. The first-order chi connectivity index (χ1) is 10.0. The van der Waals surface area contributed by atoms with E-state index in [0.717, 1.165) is 29.9 Å². The van der Waals surface area contributed by atoms with Gasteiger partial charge in [-0.3, -0.25) is 4.79 Å². The molecular formula is C13H14F2N4OS. The summed E-state index contributed by atoms with van der Waals surface area (Å²) in [5, 5.41) is 13.4. The Bertz CT molecular complexity index is 660. The molecule has 1 aromatic heterocycles. The number of benzene rings is 1. The van der Waals surface area contributed by atoms with Crippen LogP contribution in [0.2, 0.25) is 0 Å². The number of hydrogen-bond acceptors (Lipinski definition) is 5. The van der Waals surface area contributed by atoms with E-state index in [0.29, 0.717) is 11.7 Å². The van der Waals surface area contributed by atoms with Crippen molar-refractivity contribution in [1.29, 1.82) is 0 Å². The van der Waals surface area contributed by atoms with Crippen LogP contribution in [0.4, 0.5) is 19.6 Å². The number of halogens is 2.